The van der Waals surface area contributed by atoms with Gasteiger partial charge in [0.25, 0.3) is 5.56 Å². The molecule has 71 heavy (non-hydrogen) atoms. The molecule has 2 saturated heterocycles. The van der Waals surface area contributed by atoms with E-state index in [0.29, 0.717) is 23.3 Å². The highest BCUT2D eigenvalue weighted by molar-refractivity contribution is 7.88. The predicted molar refractivity (Wildman–Crippen MR) is 262 cm³/mol. The van der Waals surface area contributed by atoms with Crippen molar-refractivity contribution >= 4 is 54.7 Å². The van der Waals surface area contributed by atoms with E-state index in [-0.39, 0.29) is 121 Å². The maximum atomic E-state index is 13.9. The lowest BCUT2D eigenvalue weighted by Crippen LogP contribution is -2.49. The normalized spacial score (nSPS) is 16.3. The summed E-state index contributed by atoms with van der Waals surface area (Å²) in [5.74, 6) is -3.97. The summed E-state index contributed by atoms with van der Waals surface area (Å²) in [6.45, 7) is 3.99. The van der Waals surface area contributed by atoms with Gasteiger partial charge in [-0.3, -0.25) is 9.59 Å². The molecule has 1 aliphatic carbocycles. The predicted octanol–water partition coefficient (Wildman–Crippen LogP) is 5.32. The van der Waals surface area contributed by atoms with Crippen LogP contribution in [0.2, 0.25) is 5.02 Å². The van der Waals surface area contributed by atoms with Crippen LogP contribution < -0.4 is 37.1 Å². The largest absolute Gasteiger partial charge is 0.486 e. The van der Waals surface area contributed by atoms with Gasteiger partial charge in [-0.1, -0.05) is 79.2 Å². The summed E-state index contributed by atoms with van der Waals surface area (Å²) >= 11 is 6.29. The van der Waals surface area contributed by atoms with E-state index in [1.807, 2.05) is 19.1 Å². The minimum Gasteiger partial charge on any atom is -0.486 e. The van der Waals surface area contributed by atoms with Gasteiger partial charge < -0.3 is 26.0 Å². The van der Waals surface area contributed by atoms with Crippen LogP contribution in [-0.2, 0) is 31.6 Å². The molecule has 17 nitrogen and oxygen atoms in total. The molecule has 2 aromatic heterocycles. The van der Waals surface area contributed by atoms with Crippen LogP contribution >= 0.6 is 11.6 Å². The molecular formula is C47H49ClF4N10O7S2. The molecule has 0 radical (unpaired) electrons. The van der Waals surface area contributed by atoms with Gasteiger partial charge in [0.15, 0.2) is 11.6 Å². The van der Waals surface area contributed by atoms with Gasteiger partial charge in [-0.05, 0) is 48.2 Å². The fourth-order valence-corrected chi connectivity index (χ4v) is 11.5. The lowest BCUT2D eigenvalue weighted by Gasteiger charge is -2.36. The van der Waals surface area contributed by atoms with Crippen LogP contribution in [0.5, 0.6) is 5.75 Å². The SMILES string of the molecule is CC1(COc2c(N3CCN(S(=O)(=O)Cc4ccccc4)CC3)c(N)nn(-c3cc(F)cc(F)c3)c2=O)CC1.Nc1nn(-c2cc(F)cc(F)c2)c(=O)c(Cl)c1N1CCN(S(=O)(=O)Cc2ccccc2)CC1. The molecule has 0 amide bonds. The maximum absolute atomic E-state index is 13.9. The lowest BCUT2D eigenvalue weighted by molar-refractivity contribution is 0.243. The lowest BCUT2D eigenvalue weighted by atomic mass is 10.2. The van der Waals surface area contributed by atoms with Gasteiger partial charge >= 0.3 is 5.56 Å². The molecule has 0 atom stereocenters. The number of anilines is 4. The summed E-state index contributed by atoms with van der Waals surface area (Å²) in [5.41, 5.74) is 12.3. The van der Waals surface area contributed by atoms with E-state index in [0.717, 1.165) is 46.5 Å². The van der Waals surface area contributed by atoms with Gasteiger partial charge in [-0.15, -0.1) is 10.2 Å². The van der Waals surface area contributed by atoms with E-state index >= 15 is 0 Å². The Morgan fingerprint density at radius 1 is 0.592 bits per heavy atom. The number of sulfonamides is 2. The average molecular weight is 1040 g/mol. The molecule has 0 unspecified atom stereocenters. The molecule has 3 fully saturated rings. The summed E-state index contributed by atoms with van der Waals surface area (Å²) in [5, 5.41) is 7.84. The zero-order valence-corrected chi connectivity index (χ0v) is 40.6. The number of nitrogens with zero attached hydrogens (tertiary/aromatic N) is 8. The van der Waals surface area contributed by atoms with Crippen molar-refractivity contribution in [1.29, 1.82) is 0 Å². The smallest absolute Gasteiger partial charge is 0.316 e. The van der Waals surface area contributed by atoms with Crippen molar-refractivity contribution in [2.24, 2.45) is 5.41 Å². The quantitative estimate of drug-likeness (QED) is 0.140. The van der Waals surface area contributed by atoms with E-state index in [1.165, 1.54) is 8.61 Å². The summed E-state index contributed by atoms with van der Waals surface area (Å²) in [4.78, 5) is 29.7. The highest BCUT2D eigenvalue weighted by Crippen LogP contribution is 2.45. The van der Waals surface area contributed by atoms with Crippen molar-refractivity contribution in [3.8, 4) is 17.1 Å². The molecular weight excluding hydrogens is 992 g/mol. The summed E-state index contributed by atoms with van der Waals surface area (Å²) < 4.78 is 117. The Hall–Kier alpha value is -6.53. The molecule has 6 aromatic rings. The number of aromatic nitrogens is 4. The number of hydrogen-bond acceptors (Lipinski definition) is 13. The molecule has 1 saturated carbocycles. The number of benzene rings is 4. The van der Waals surface area contributed by atoms with Crippen LogP contribution in [0.1, 0.15) is 30.9 Å². The maximum Gasteiger partial charge on any atom is 0.316 e. The van der Waals surface area contributed by atoms with Gasteiger partial charge in [0.05, 0.1) is 29.5 Å². The monoisotopic (exact) mass is 1040 g/mol. The summed E-state index contributed by atoms with van der Waals surface area (Å²) in [6.07, 6.45) is 1.90. The van der Waals surface area contributed by atoms with Crippen LogP contribution in [0.3, 0.4) is 0 Å². The number of piperazine rings is 2. The Morgan fingerprint density at radius 3 is 1.38 bits per heavy atom. The second-order valence-corrected chi connectivity index (χ2v) is 22.0. The molecule has 0 bridgehead atoms. The molecule has 0 spiro atoms. The van der Waals surface area contributed by atoms with Gasteiger partial charge in [0.1, 0.15) is 39.7 Å². The molecule has 9 rings (SSSR count). The second kappa shape index (κ2) is 20.7. The molecule has 4 aromatic carbocycles. The Morgan fingerprint density at radius 2 is 0.972 bits per heavy atom. The first-order valence-corrected chi connectivity index (χ1v) is 25.9. The third-order valence-electron chi connectivity index (χ3n) is 12.2. The fraction of sp³-hybridized carbons (Fsp3) is 0.319. The van der Waals surface area contributed by atoms with Crippen molar-refractivity contribution in [3.05, 3.63) is 157 Å². The molecule has 4 N–H and O–H groups in total. The number of nitrogen functional groups attached to an aromatic ring is 2. The first-order valence-electron chi connectivity index (χ1n) is 22.3. The van der Waals surface area contributed by atoms with Crippen LogP contribution in [0, 0.1) is 28.7 Å². The van der Waals surface area contributed by atoms with Gasteiger partial charge in [-0.25, -0.2) is 34.4 Å². The number of rotatable bonds is 13. The van der Waals surface area contributed by atoms with Crippen LogP contribution in [0.25, 0.3) is 11.4 Å². The van der Waals surface area contributed by atoms with Gasteiger partial charge in [0, 0.05) is 69.9 Å². The van der Waals surface area contributed by atoms with Gasteiger partial charge in [-0.2, -0.15) is 18.0 Å². The number of nitrogens with two attached hydrogens (primary N) is 2. The van der Waals surface area contributed by atoms with E-state index in [1.54, 1.807) is 58.3 Å². The van der Waals surface area contributed by atoms with Crippen LogP contribution in [-0.4, -0.2) is 104 Å². The highest BCUT2D eigenvalue weighted by atomic mass is 35.5. The van der Waals surface area contributed by atoms with Gasteiger partial charge in [0.2, 0.25) is 25.8 Å². The minimum absolute atomic E-state index is 0.0641. The van der Waals surface area contributed by atoms with E-state index in [4.69, 9.17) is 27.8 Å². The minimum atomic E-state index is -3.55. The zero-order chi connectivity index (χ0) is 50.8. The Labute approximate surface area is 411 Å². The Bertz CT molecular complexity index is 3240. The topological polar surface area (TPSA) is 212 Å². The van der Waals surface area contributed by atoms with E-state index in [2.05, 4.69) is 10.2 Å². The summed E-state index contributed by atoms with van der Waals surface area (Å²) in [6, 6.07) is 23.0. The number of halogens is 5. The zero-order valence-electron chi connectivity index (χ0n) is 38.2. The summed E-state index contributed by atoms with van der Waals surface area (Å²) in [7, 11) is -7.08. The highest BCUT2D eigenvalue weighted by Gasteiger charge is 2.39. The Kier molecular flexibility index (Phi) is 14.8. The van der Waals surface area contributed by atoms with Crippen LogP contribution in [0.4, 0.5) is 40.6 Å². The molecule has 3 aliphatic rings. The molecule has 24 heteroatoms. The van der Waals surface area contributed by atoms with Crippen molar-refractivity contribution in [2.45, 2.75) is 31.3 Å². The van der Waals surface area contributed by atoms with E-state index in [9.17, 15) is 44.0 Å². The van der Waals surface area contributed by atoms with Crippen LogP contribution in [0.15, 0.2) is 107 Å². The van der Waals surface area contributed by atoms with Crippen molar-refractivity contribution in [2.75, 3.05) is 80.2 Å². The van der Waals surface area contributed by atoms with Crippen molar-refractivity contribution < 1.29 is 39.1 Å². The molecule has 2 aliphatic heterocycles. The Balaban J connectivity index is 0.000000192. The first-order chi connectivity index (χ1) is 33.7. The van der Waals surface area contributed by atoms with E-state index < -0.39 is 54.4 Å². The van der Waals surface area contributed by atoms with Crippen molar-refractivity contribution in [1.82, 2.24) is 28.2 Å². The standard InChI is InChI=1S/C26H29F2N5O4S.C21H20ClF2N5O3S/c1-26(7-8-26)17-37-23-22(24(29)30-33(25(23)34)21-14-19(27)13-20(28)15-21)31-9-11-32(12-10-31)38(35,36)16-18-5-3-2-4-6-18;22-18-19(20(25)26-29(21(18)30)17-11-15(23)10-16(24)12-17)27-6-8-28(9-7-27)33(31,32)13-14-4-2-1-3-5-14/h2-6,13-15H,7-12,16-17H2,1H3,(H2,29,30);1-5,10-12H,6-9,13H2,(H2,25,26). The second-order valence-electron chi connectivity index (χ2n) is 17.7. The average Bonchev–Trinajstić information content (AvgIpc) is 4.07. The number of ether oxygens (including phenoxy) is 1. The fourth-order valence-electron chi connectivity index (χ4n) is 8.17. The molecule has 4 heterocycles. The first kappa shape index (κ1) is 50.8. The molecule has 376 valence electrons. The third-order valence-corrected chi connectivity index (χ3v) is 16.3. The van der Waals surface area contributed by atoms with Crippen molar-refractivity contribution in [3.63, 3.8) is 0 Å². The number of hydrogen-bond donors (Lipinski definition) is 2. The third kappa shape index (κ3) is 11.8.